The van der Waals surface area contributed by atoms with Gasteiger partial charge in [0.15, 0.2) is 0 Å². The lowest BCUT2D eigenvalue weighted by atomic mass is 9.91. The molecule has 0 bridgehead atoms. The molecule has 0 saturated heterocycles. The Morgan fingerprint density at radius 1 is 1.07 bits per heavy atom. The van der Waals surface area contributed by atoms with Crippen molar-refractivity contribution in [3.05, 3.63) is 35.9 Å². The Labute approximate surface area is 84.0 Å². The number of hydrogen-bond donors (Lipinski definition) is 0. The molecule has 0 heterocycles. The van der Waals surface area contributed by atoms with Crippen molar-refractivity contribution in [2.75, 3.05) is 0 Å². The summed E-state index contributed by atoms with van der Waals surface area (Å²) in [7, 11) is 0. The Balaban J connectivity index is 2.78. The molecule has 0 nitrogen and oxygen atoms in total. The van der Waals surface area contributed by atoms with E-state index in [9.17, 15) is 8.78 Å². The summed E-state index contributed by atoms with van der Waals surface area (Å²) in [5, 5.41) is 0. The Kier molecular flexibility index (Phi) is 4.05. The first-order valence-electron chi connectivity index (χ1n) is 4.94. The third-order valence-corrected chi connectivity index (χ3v) is 2.26. The second-order valence-corrected chi connectivity index (χ2v) is 3.98. The molecule has 0 saturated carbocycles. The van der Waals surface area contributed by atoms with Crippen molar-refractivity contribution < 1.29 is 8.78 Å². The highest BCUT2D eigenvalue weighted by Gasteiger charge is 2.22. The molecule has 1 aromatic rings. The van der Waals surface area contributed by atoms with Gasteiger partial charge in [-0.1, -0.05) is 44.2 Å². The van der Waals surface area contributed by atoms with Crippen molar-refractivity contribution in [1.82, 2.24) is 0 Å². The Bertz CT molecular complexity index is 254. The summed E-state index contributed by atoms with van der Waals surface area (Å²) in [6, 6.07) is 9.02. The minimum Gasteiger partial charge on any atom is -0.210 e. The summed E-state index contributed by atoms with van der Waals surface area (Å²) < 4.78 is 25.5. The van der Waals surface area contributed by atoms with Crippen LogP contribution < -0.4 is 0 Å². The van der Waals surface area contributed by atoms with Gasteiger partial charge in [0, 0.05) is 5.92 Å². The van der Waals surface area contributed by atoms with Crippen molar-refractivity contribution >= 4 is 0 Å². The van der Waals surface area contributed by atoms with Crippen LogP contribution in [0.4, 0.5) is 8.78 Å². The monoisotopic (exact) mass is 198 g/mol. The molecule has 0 fully saturated rings. The van der Waals surface area contributed by atoms with Gasteiger partial charge in [-0.05, 0) is 17.9 Å². The van der Waals surface area contributed by atoms with Crippen LogP contribution in [0.15, 0.2) is 30.3 Å². The molecular formula is C12H16F2. The molecule has 0 aliphatic carbocycles. The molecule has 0 aromatic heterocycles. The van der Waals surface area contributed by atoms with E-state index in [0.717, 1.165) is 5.56 Å². The van der Waals surface area contributed by atoms with Gasteiger partial charge < -0.3 is 0 Å². The molecule has 1 aromatic carbocycles. The smallest absolute Gasteiger partial charge is 0.210 e. The lowest BCUT2D eigenvalue weighted by Gasteiger charge is -2.18. The first-order chi connectivity index (χ1) is 6.61. The fraction of sp³-hybridized carbons (Fsp3) is 0.500. The van der Waals surface area contributed by atoms with Crippen molar-refractivity contribution in [2.45, 2.75) is 32.6 Å². The molecule has 1 unspecified atom stereocenters. The second kappa shape index (κ2) is 5.08. The van der Waals surface area contributed by atoms with E-state index in [1.807, 2.05) is 32.0 Å². The molecule has 1 rings (SSSR count). The van der Waals surface area contributed by atoms with Gasteiger partial charge in [0.05, 0.1) is 0 Å². The predicted molar refractivity (Wildman–Crippen MR) is 54.6 cm³/mol. The van der Waals surface area contributed by atoms with E-state index in [-0.39, 0.29) is 0 Å². The average Bonchev–Trinajstić information content (AvgIpc) is 2.15. The Morgan fingerprint density at radius 2 is 1.64 bits per heavy atom. The van der Waals surface area contributed by atoms with Crippen LogP contribution in [0.2, 0.25) is 0 Å². The van der Waals surface area contributed by atoms with Crippen LogP contribution in [0.1, 0.15) is 31.7 Å². The quantitative estimate of drug-likeness (QED) is 0.683. The SMILES string of the molecule is CC(C)CC(c1ccccc1)C(F)F. The van der Waals surface area contributed by atoms with E-state index in [4.69, 9.17) is 0 Å². The maximum atomic E-state index is 12.7. The maximum absolute atomic E-state index is 12.7. The second-order valence-electron chi connectivity index (χ2n) is 3.98. The molecule has 0 aliphatic heterocycles. The third-order valence-electron chi connectivity index (χ3n) is 2.26. The van der Waals surface area contributed by atoms with Crippen LogP contribution in [0, 0.1) is 5.92 Å². The van der Waals surface area contributed by atoms with Crippen molar-refractivity contribution in [3.63, 3.8) is 0 Å². The van der Waals surface area contributed by atoms with Gasteiger partial charge in [-0.25, -0.2) is 8.78 Å². The summed E-state index contributed by atoms with van der Waals surface area (Å²) >= 11 is 0. The van der Waals surface area contributed by atoms with E-state index in [1.165, 1.54) is 0 Å². The van der Waals surface area contributed by atoms with Gasteiger partial charge in [-0.3, -0.25) is 0 Å². The van der Waals surface area contributed by atoms with Crippen LogP contribution in [0.3, 0.4) is 0 Å². The fourth-order valence-electron chi connectivity index (χ4n) is 1.59. The lowest BCUT2D eigenvalue weighted by molar-refractivity contribution is 0.104. The van der Waals surface area contributed by atoms with E-state index in [1.54, 1.807) is 12.1 Å². The highest BCUT2D eigenvalue weighted by atomic mass is 19.3. The lowest BCUT2D eigenvalue weighted by Crippen LogP contribution is -2.11. The average molecular weight is 198 g/mol. The summed E-state index contributed by atoms with van der Waals surface area (Å²) in [5.74, 6) is -0.314. The molecule has 78 valence electrons. The van der Waals surface area contributed by atoms with Gasteiger partial charge in [0.2, 0.25) is 6.43 Å². The van der Waals surface area contributed by atoms with Crippen LogP contribution in [-0.4, -0.2) is 6.43 Å². The molecule has 0 N–H and O–H groups in total. The summed E-state index contributed by atoms with van der Waals surface area (Å²) in [4.78, 5) is 0. The standard InChI is InChI=1S/C12H16F2/c1-9(2)8-11(12(13)14)10-6-4-3-5-7-10/h3-7,9,11-12H,8H2,1-2H3. The van der Waals surface area contributed by atoms with Crippen LogP contribution >= 0.6 is 0 Å². The summed E-state index contributed by atoms with van der Waals surface area (Å²) in [6.45, 7) is 3.94. The molecule has 0 amide bonds. The van der Waals surface area contributed by atoms with Crippen LogP contribution in [-0.2, 0) is 0 Å². The van der Waals surface area contributed by atoms with E-state index >= 15 is 0 Å². The summed E-state index contributed by atoms with van der Waals surface area (Å²) in [5.41, 5.74) is 0.746. The minimum atomic E-state index is -2.26. The largest absolute Gasteiger partial charge is 0.245 e. The first kappa shape index (κ1) is 11.2. The number of alkyl halides is 2. The minimum absolute atomic E-state index is 0.300. The number of halogens is 2. The maximum Gasteiger partial charge on any atom is 0.245 e. The zero-order valence-corrected chi connectivity index (χ0v) is 8.58. The van der Waals surface area contributed by atoms with Crippen LogP contribution in [0.25, 0.3) is 0 Å². The Hall–Kier alpha value is -0.920. The van der Waals surface area contributed by atoms with Gasteiger partial charge in [-0.15, -0.1) is 0 Å². The molecule has 14 heavy (non-hydrogen) atoms. The van der Waals surface area contributed by atoms with Gasteiger partial charge in [-0.2, -0.15) is 0 Å². The highest BCUT2D eigenvalue weighted by Crippen LogP contribution is 2.29. The molecule has 2 heteroatoms. The molecular weight excluding hydrogens is 182 g/mol. The van der Waals surface area contributed by atoms with Crippen molar-refractivity contribution in [3.8, 4) is 0 Å². The van der Waals surface area contributed by atoms with Gasteiger partial charge in [0.25, 0.3) is 0 Å². The topological polar surface area (TPSA) is 0 Å². The third kappa shape index (κ3) is 3.09. The van der Waals surface area contributed by atoms with Gasteiger partial charge in [0.1, 0.15) is 0 Å². The first-order valence-corrected chi connectivity index (χ1v) is 4.94. The normalized spacial score (nSPS) is 13.6. The number of benzene rings is 1. The van der Waals surface area contributed by atoms with Crippen molar-refractivity contribution in [2.24, 2.45) is 5.92 Å². The predicted octanol–water partition coefficient (Wildman–Crippen LogP) is 4.08. The fourth-order valence-corrected chi connectivity index (χ4v) is 1.59. The summed E-state index contributed by atoms with van der Waals surface area (Å²) in [6.07, 6.45) is -1.72. The molecule has 1 atom stereocenters. The molecule has 0 aliphatic rings. The molecule has 0 spiro atoms. The highest BCUT2D eigenvalue weighted by molar-refractivity contribution is 5.20. The number of hydrogen-bond acceptors (Lipinski definition) is 0. The zero-order chi connectivity index (χ0) is 10.6. The van der Waals surface area contributed by atoms with E-state index in [2.05, 4.69) is 0 Å². The number of rotatable bonds is 4. The van der Waals surface area contributed by atoms with Crippen molar-refractivity contribution in [1.29, 1.82) is 0 Å². The van der Waals surface area contributed by atoms with Gasteiger partial charge >= 0.3 is 0 Å². The zero-order valence-electron chi connectivity index (χ0n) is 8.58. The van der Waals surface area contributed by atoms with E-state index < -0.39 is 12.3 Å². The van der Waals surface area contributed by atoms with Crippen LogP contribution in [0.5, 0.6) is 0 Å². The van der Waals surface area contributed by atoms with E-state index in [0.29, 0.717) is 12.3 Å². The molecule has 0 radical (unpaired) electrons. The Morgan fingerprint density at radius 3 is 2.07 bits per heavy atom.